The molecule has 1 heterocycles. The van der Waals surface area contributed by atoms with E-state index in [1.54, 1.807) is 0 Å². The molecule has 80 valence electrons. The predicted molar refractivity (Wildman–Crippen MR) is 58.2 cm³/mol. The Labute approximate surface area is 89.4 Å². The summed E-state index contributed by atoms with van der Waals surface area (Å²) >= 11 is 0. The normalized spacial score (nSPS) is 18.5. The van der Waals surface area contributed by atoms with E-state index >= 15 is 0 Å². The maximum absolute atomic E-state index is 12.0. The van der Waals surface area contributed by atoms with E-state index in [0.29, 0.717) is 17.9 Å². The fourth-order valence-corrected chi connectivity index (χ4v) is 1.72. The first-order valence-corrected chi connectivity index (χ1v) is 5.04. The molecule has 0 saturated carbocycles. The van der Waals surface area contributed by atoms with Gasteiger partial charge in [0.05, 0.1) is 11.1 Å². The van der Waals surface area contributed by atoms with Gasteiger partial charge in [0.25, 0.3) is 5.91 Å². The number of aryl methyl sites for hydroxylation is 1. The summed E-state index contributed by atoms with van der Waals surface area (Å²) < 4.78 is 5.63. The second-order valence-electron chi connectivity index (χ2n) is 4.57. The van der Waals surface area contributed by atoms with E-state index in [1.165, 1.54) is 0 Å². The van der Waals surface area contributed by atoms with Crippen LogP contribution in [0.3, 0.4) is 0 Å². The highest BCUT2D eigenvalue weighted by molar-refractivity contribution is 5.99. The fraction of sp³-hybridized carbons (Fsp3) is 0.417. The molecule has 1 N–H and O–H groups in total. The number of nitrogens with one attached hydrogen (secondary N) is 1. The van der Waals surface area contributed by atoms with Crippen molar-refractivity contribution in [1.82, 2.24) is 5.32 Å². The first kappa shape index (κ1) is 10.0. The van der Waals surface area contributed by atoms with Crippen LogP contribution in [0, 0.1) is 6.92 Å². The molecule has 1 amide bonds. The summed E-state index contributed by atoms with van der Waals surface area (Å²) in [6, 6.07) is 5.66. The van der Waals surface area contributed by atoms with Crippen molar-refractivity contribution in [2.45, 2.75) is 26.3 Å². The number of carbonyl (C=O) groups excluding carboxylic acids is 1. The topological polar surface area (TPSA) is 38.3 Å². The van der Waals surface area contributed by atoms with E-state index in [9.17, 15) is 4.79 Å². The zero-order valence-electron chi connectivity index (χ0n) is 9.26. The molecule has 1 aliphatic rings. The lowest BCUT2D eigenvalue weighted by molar-refractivity contribution is 0.0908. The van der Waals surface area contributed by atoms with Crippen LogP contribution in [0.2, 0.25) is 0 Å². The summed E-state index contributed by atoms with van der Waals surface area (Å²) in [4.78, 5) is 12.0. The van der Waals surface area contributed by atoms with Crippen LogP contribution >= 0.6 is 0 Å². The van der Waals surface area contributed by atoms with Crippen molar-refractivity contribution in [1.29, 1.82) is 0 Å². The fourth-order valence-electron chi connectivity index (χ4n) is 1.72. The lowest BCUT2D eigenvalue weighted by atomic mass is 10.1. The molecule has 0 bridgehead atoms. The average Bonchev–Trinajstić information content (AvgIpc) is 2.24. The van der Waals surface area contributed by atoms with Gasteiger partial charge in [-0.2, -0.15) is 0 Å². The monoisotopic (exact) mass is 205 g/mol. The van der Waals surface area contributed by atoms with Gasteiger partial charge in [0, 0.05) is 0 Å². The maximum Gasteiger partial charge on any atom is 0.255 e. The Morgan fingerprint density at radius 1 is 1.40 bits per heavy atom. The standard InChI is InChI=1S/C12H15NO2/c1-8-5-4-6-9-10(8)11(14)13-12(2,3)7-15-9/h4-6H,7H2,1-3H3,(H,13,14). The minimum Gasteiger partial charge on any atom is -0.490 e. The van der Waals surface area contributed by atoms with Crippen molar-refractivity contribution in [3.63, 3.8) is 0 Å². The van der Waals surface area contributed by atoms with Crippen molar-refractivity contribution < 1.29 is 9.53 Å². The Hall–Kier alpha value is -1.51. The molecular formula is C12H15NO2. The summed E-state index contributed by atoms with van der Waals surface area (Å²) in [6.45, 7) is 6.31. The van der Waals surface area contributed by atoms with E-state index in [1.807, 2.05) is 39.0 Å². The van der Waals surface area contributed by atoms with Gasteiger partial charge in [-0.1, -0.05) is 12.1 Å². The molecule has 0 aliphatic carbocycles. The Kier molecular flexibility index (Phi) is 2.18. The minimum atomic E-state index is -0.317. The van der Waals surface area contributed by atoms with Crippen LogP contribution in [0.4, 0.5) is 0 Å². The summed E-state index contributed by atoms with van der Waals surface area (Å²) in [5.41, 5.74) is 1.29. The van der Waals surface area contributed by atoms with Crippen LogP contribution < -0.4 is 10.1 Å². The highest BCUT2D eigenvalue weighted by Crippen LogP contribution is 2.26. The molecule has 1 aliphatic heterocycles. The number of carbonyl (C=O) groups is 1. The molecule has 2 rings (SSSR count). The van der Waals surface area contributed by atoms with Gasteiger partial charge in [0.1, 0.15) is 12.4 Å². The van der Waals surface area contributed by atoms with Crippen LogP contribution in [0.5, 0.6) is 5.75 Å². The number of hydrogen-bond acceptors (Lipinski definition) is 2. The Morgan fingerprint density at radius 2 is 2.13 bits per heavy atom. The average molecular weight is 205 g/mol. The molecule has 0 saturated heterocycles. The van der Waals surface area contributed by atoms with E-state index in [-0.39, 0.29) is 11.4 Å². The number of fused-ring (bicyclic) bond motifs is 1. The third-order valence-electron chi connectivity index (χ3n) is 2.50. The molecule has 15 heavy (non-hydrogen) atoms. The van der Waals surface area contributed by atoms with Gasteiger partial charge in [-0.05, 0) is 32.4 Å². The van der Waals surface area contributed by atoms with E-state index in [4.69, 9.17) is 4.74 Å². The van der Waals surface area contributed by atoms with Crippen molar-refractivity contribution in [3.8, 4) is 5.75 Å². The third kappa shape index (κ3) is 1.82. The first-order valence-electron chi connectivity index (χ1n) is 5.04. The van der Waals surface area contributed by atoms with Gasteiger partial charge in [0.2, 0.25) is 0 Å². The maximum atomic E-state index is 12.0. The minimum absolute atomic E-state index is 0.0504. The summed E-state index contributed by atoms with van der Waals surface area (Å²) in [5.74, 6) is 0.628. The van der Waals surface area contributed by atoms with Gasteiger partial charge in [-0.15, -0.1) is 0 Å². The van der Waals surface area contributed by atoms with Gasteiger partial charge >= 0.3 is 0 Å². The number of amides is 1. The van der Waals surface area contributed by atoms with Crippen molar-refractivity contribution in [2.75, 3.05) is 6.61 Å². The first-order chi connectivity index (χ1) is 6.99. The molecule has 0 fully saturated rings. The lowest BCUT2D eigenvalue weighted by Gasteiger charge is -2.22. The Bertz CT molecular complexity index is 410. The van der Waals surface area contributed by atoms with Crippen LogP contribution in [0.1, 0.15) is 29.8 Å². The van der Waals surface area contributed by atoms with Gasteiger partial charge in [-0.3, -0.25) is 4.79 Å². The largest absolute Gasteiger partial charge is 0.490 e. The molecule has 0 aromatic heterocycles. The van der Waals surface area contributed by atoms with Crippen LogP contribution in [0.15, 0.2) is 18.2 Å². The molecule has 1 aromatic rings. The van der Waals surface area contributed by atoms with Crippen LogP contribution in [-0.4, -0.2) is 18.1 Å². The molecule has 1 aromatic carbocycles. The van der Waals surface area contributed by atoms with Crippen molar-refractivity contribution in [3.05, 3.63) is 29.3 Å². The second-order valence-corrected chi connectivity index (χ2v) is 4.57. The molecule has 3 nitrogen and oxygen atoms in total. The second kappa shape index (κ2) is 3.26. The number of benzene rings is 1. The number of rotatable bonds is 0. The van der Waals surface area contributed by atoms with Crippen LogP contribution in [0.25, 0.3) is 0 Å². The van der Waals surface area contributed by atoms with Crippen molar-refractivity contribution in [2.24, 2.45) is 0 Å². The Morgan fingerprint density at radius 3 is 2.87 bits per heavy atom. The number of ether oxygens (including phenoxy) is 1. The molecular weight excluding hydrogens is 190 g/mol. The zero-order chi connectivity index (χ0) is 11.1. The SMILES string of the molecule is Cc1cccc2c1C(=O)NC(C)(C)CO2. The molecule has 0 unspecified atom stereocenters. The summed E-state index contributed by atoms with van der Waals surface area (Å²) in [5, 5.41) is 2.95. The molecule has 0 radical (unpaired) electrons. The smallest absolute Gasteiger partial charge is 0.255 e. The quantitative estimate of drug-likeness (QED) is 0.702. The summed E-state index contributed by atoms with van der Waals surface area (Å²) in [6.07, 6.45) is 0. The van der Waals surface area contributed by atoms with Gasteiger partial charge < -0.3 is 10.1 Å². The van der Waals surface area contributed by atoms with Crippen LogP contribution in [-0.2, 0) is 0 Å². The predicted octanol–water partition coefficient (Wildman–Crippen LogP) is 1.90. The highest BCUT2D eigenvalue weighted by Gasteiger charge is 2.28. The number of hydrogen-bond donors (Lipinski definition) is 1. The molecule has 0 spiro atoms. The molecule has 0 atom stereocenters. The van der Waals surface area contributed by atoms with Crippen molar-refractivity contribution >= 4 is 5.91 Å². The Balaban J connectivity index is 2.49. The van der Waals surface area contributed by atoms with Gasteiger partial charge in [0.15, 0.2) is 0 Å². The zero-order valence-corrected chi connectivity index (χ0v) is 9.26. The van der Waals surface area contributed by atoms with E-state index in [0.717, 1.165) is 5.56 Å². The molecule has 3 heteroatoms. The van der Waals surface area contributed by atoms with Gasteiger partial charge in [-0.25, -0.2) is 0 Å². The van der Waals surface area contributed by atoms with E-state index in [2.05, 4.69) is 5.32 Å². The third-order valence-corrected chi connectivity index (χ3v) is 2.50. The summed E-state index contributed by atoms with van der Waals surface area (Å²) in [7, 11) is 0. The van der Waals surface area contributed by atoms with E-state index < -0.39 is 0 Å². The highest BCUT2D eigenvalue weighted by atomic mass is 16.5. The lowest BCUT2D eigenvalue weighted by Crippen LogP contribution is -2.45.